The van der Waals surface area contributed by atoms with Crippen molar-refractivity contribution in [3.05, 3.63) is 60.8 Å². The van der Waals surface area contributed by atoms with Crippen molar-refractivity contribution in [2.45, 2.75) is 0 Å². The number of nitrogens with zero attached hydrogens (tertiary/aromatic N) is 1. The maximum atomic E-state index is 11.8. The molecule has 2 aromatic carbocycles. The quantitative estimate of drug-likeness (QED) is 0.627. The summed E-state index contributed by atoms with van der Waals surface area (Å²) in [6.45, 7) is 0.838. The first kappa shape index (κ1) is 17.8. The summed E-state index contributed by atoms with van der Waals surface area (Å²) >= 11 is 0. The lowest BCUT2D eigenvalue weighted by Crippen LogP contribution is -2.19. The highest BCUT2D eigenvalue weighted by molar-refractivity contribution is 5.91. The second-order valence-corrected chi connectivity index (χ2v) is 5.55. The van der Waals surface area contributed by atoms with Gasteiger partial charge >= 0.3 is 0 Å². The predicted octanol–water partition coefficient (Wildman–Crippen LogP) is 3.63. The van der Waals surface area contributed by atoms with Gasteiger partial charge in [-0.05, 0) is 42.5 Å². The number of nitrogens with one attached hydrogen (secondary N) is 1. The number of para-hydroxylation sites is 1. The number of hydrogen-bond donors (Lipinski definition) is 1. The maximum Gasteiger partial charge on any atom is 0.250 e. The van der Waals surface area contributed by atoms with Gasteiger partial charge in [-0.25, -0.2) is 0 Å². The van der Waals surface area contributed by atoms with Gasteiger partial charge in [-0.1, -0.05) is 12.1 Å². The van der Waals surface area contributed by atoms with Crippen LogP contribution in [0.4, 0.5) is 5.69 Å². The Balaban J connectivity index is 1.60. The summed E-state index contributed by atoms with van der Waals surface area (Å²) in [4.78, 5) is 16.1. The van der Waals surface area contributed by atoms with Gasteiger partial charge in [0.25, 0.3) is 0 Å². The minimum absolute atomic E-state index is 0.00931. The first-order valence-corrected chi connectivity index (χ1v) is 8.24. The topological polar surface area (TPSA) is 69.7 Å². The van der Waals surface area contributed by atoms with Crippen molar-refractivity contribution in [2.75, 3.05) is 32.2 Å². The van der Waals surface area contributed by atoms with Crippen molar-refractivity contribution in [1.82, 2.24) is 4.98 Å². The summed E-state index contributed by atoms with van der Waals surface area (Å²) in [5.74, 6) is 1.20. The molecule has 0 bridgehead atoms. The molecular weight excluding hydrogens is 332 g/mol. The molecule has 0 spiro atoms. The molecule has 134 valence electrons. The van der Waals surface area contributed by atoms with E-state index >= 15 is 0 Å². The Kier molecular flexibility index (Phi) is 6.14. The van der Waals surface area contributed by atoms with Crippen molar-refractivity contribution in [2.24, 2.45) is 0 Å². The second kappa shape index (κ2) is 8.94. The van der Waals surface area contributed by atoms with E-state index < -0.39 is 0 Å². The van der Waals surface area contributed by atoms with Crippen LogP contribution >= 0.6 is 0 Å². The van der Waals surface area contributed by atoms with Gasteiger partial charge in [0, 0.05) is 24.4 Å². The number of ether oxygens (including phenoxy) is 3. The average Bonchev–Trinajstić information content (AvgIpc) is 2.67. The number of carbonyl (C=O) groups excluding carboxylic acids is 1. The second-order valence-electron chi connectivity index (χ2n) is 5.55. The molecule has 0 aliphatic carbocycles. The van der Waals surface area contributed by atoms with Crippen LogP contribution in [-0.2, 0) is 14.3 Å². The number of amides is 1. The number of fused-ring (bicyclic) bond motifs is 1. The van der Waals surface area contributed by atoms with Crippen LogP contribution in [0.1, 0.15) is 0 Å². The smallest absolute Gasteiger partial charge is 0.250 e. The highest BCUT2D eigenvalue weighted by Gasteiger charge is 2.06. The van der Waals surface area contributed by atoms with Crippen molar-refractivity contribution in [3.8, 4) is 11.5 Å². The van der Waals surface area contributed by atoms with E-state index in [1.54, 1.807) is 37.6 Å². The number of pyridine rings is 1. The Labute approximate surface area is 151 Å². The van der Waals surface area contributed by atoms with Crippen molar-refractivity contribution >= 4 is 22.5 Å². The lowest BCUT2D eigenvalue weighted by atomic mass is 10.2. The zero-order chi connectivity index (χ0) is 18.2. The van der Waals surface area contributed by atoms with E-state index in [0.717, 1.165) is 16.7 Å². The zero-order valence-electron chi connectivity index (χ0n) is 14.5. The summed E-state index contributed by atoms with van der Waals surface area (Å²) < 4.78 is 16.0. The molecule has 6 heteroatoms. The molecule has 1 aromatic heterocycles. The summed E-state index contributed by atoms with van der Waals surface area (Å²) in [7, 11) is 1.59. The third kappa shape index (κ3) is 4.78. The van der Waals surface area contributed by atoms with Crippen LogP contribution in [0.25, 0.3) is 10.9 Å². The van der Waals surface area contributed by atoms with Gasteiger partial charge in [0.2, 0.25) is 5.91 Å². The molecule has 1 N–H and O–H groups in total. The molecule has 3 rings (SSSR count). The third-order valence-electron chi connectivity index (χ3n) is 3.64. The zero-order valence-corrected chi connectivity index (χ0v) is 14.5. The monoisotopic (exact) mass is 352 g/mol. The first-order valence-electron chi connectivity index (χ1n) is 8.24. The molecule has 1 amide bonds. The minimum Gasteiger partial charge on any atom is -0.457 e. The van der Waals surface area contributed by atoms with E-state index in [0.29, 0.717) is 24.7 Å². The van der Waals surface area contributed by atoms with Gasteiger partial charge < -0.3 is 19.5 Å². The van der Waals surface area contributed by atoms with Gasteiger partial charge in [-0.2, -0.15) is 0 Å². The van der Waals surface area contributed by atoms with Gasteiger partial charge in [0.15, 0.2) is 0 Å². The molecule has 6 nitrogen and oxygen atoms in total. The molecule has 0 aliphatic heterocycles. The first-order chi connectivity index (χ1) is 12.8. The van der Waals surface area contributed by atoms with E-state index in [1.807, 2.05) is 30.3 Å². The molecule has 26 heavy (non-hydrogen) atoms. The highest BCUT2D eigenvalue weighted by Crippen LogP contribution is 2.29. The maximum absolute atomic E-state index is 11.8. The fourth-order valence-electron chi connectivity index (χ4n) is 2.40. The third-order valence-corrected chi connectivity index (χ3v) is 3.64. The Morgan fingerprint density at radius 1 is 1.04 bits per heavy atom. The van der Waals surface area contributed by atoms with Crippen LogP contribution in [0.5, 0.6) is 11.5 Å². The number of aromatic nitrogens is 1. The van der Waals surface area contributed by atoms with Crippen molar-refractivity contribution in [1.29, 1.82) is 0 Å². The Bertz CT molecular complexity index is 860. The Morgan fingerprint density at radius 3 is 2.65 bits per heavy atom. The number of anilines is 1. The van der Waals surface area contributed by atoms with E-state index in [2.05, 4.69) is 10.3 Å². The minimum atomic E-state index is -0.213. The molecule has 0 saturated heterocycles. The number of methoxy groups -OCH3 is 1. The van der Waals surface area contributed by atoms with Crippen molar-refractivity contribution < 1.29 is 19.0 Å². The SMILES string of the molecule is COCCOCC(=O)Nc1ccc(Oc2ccnc3ccccc23)cc1. The fraction of sp³-hybridized carbons (Fsp3) is 0.200. The molecule has 0 saturated carbocycles. The summed E-state index contributed by atoms with van der Waals surface area (Å²) in [5, 5.41) is 3.71. The number of carbonyl (C=O) groups is 1. The van der Waals surface area contributed by atoms with Crippen LogP contribution in [-0.4, -0.2) is 37.8 Å². The Hall–Kier alpha value is -2.96. The standard InChI is InChI=1S/C20H20N2O4/c1-24-12-13-25-14-20(23)22-15-6-8-16(9-7-15)26-19-10-11-21-18-5-3-2-4-17(18)19/h2-11H,12-14H2,1H3,(H,22,23). The van der Waals surface area contributed by atoms with Crippen LogP contribution in [0.15, 0.2) is 60.8 Å². The summed E-state index contributed by atoms with van der Waals surface area (Å²) in [5.41, 5.74) is 1.56. The molecule has 0 atom stereocenters. The summed E-state index contributed by atoms with van der Waals surface area (Å²) in [6.07, 6.45) is 1.72. The average molecular weight is 352 g/mol. The van der Waals surface area contributed by atoms with E-state index in [-0.39, 0.29) is 12.5 Å². The van der Waals surface area contributed by atoms with Gasteiger partial charge in [-0.3, -0.25) is 9.78 Å². The lowest BCUT2D eigenvalue weighted by molar-refractivity contribution is -0.121. The summed E-state index contributed by atoms with van der Waals surface area (Å²) in [6, 6.07) is 16.8. The number of hydrogen-bond acceptors (Lipinski definition) is 5. The van der Waals surface area contributed by atoms with Crippen LogP contribution in [0.3, 0.4) is 0 Å². The van der Waals surface area contributed by atoms with E-state index in [9.17, 15) is 4.79 Å². The molecule has 0 unspecified atom stereocenters. The number of rotatable bonds is 8. The van der Waals surface area contributed by atoms with Gasteiger partial charge in [0.05, 0.1) is 18.7 Å². The predicted molar refractivity (Wildman–Crippen MR) is 99.6 cm³/mol. The fourth-order valence-corrected chi connectivity index (χ4v) is 2.40. The molecule has 0 radical (unpaired) electrons. The van der Waals surface area contributed by atoms with Gasteiger partial charge in [-0.15, -0.1) is 0 Å². The molecule has 3 aromatic rings. The molecular formula is C20H20N2O4. The molecule has 0 aliphatic rings. The highest BCUT2D eigenvalue weighted by atomic mass is 16.5. The molecule has 1 heterocycles. The normalized spacial score (nSPS) is 10.7. The van der Waals surface area contributed by atoms with E-state index in [4.69, 9.17) is 14.2 Å². The largest absolute Gasteiger partial charge is 0.457 e. The van der Waals surface area contributed by atoms with Crippen molar-refractivity contribution in [3.63, 3.8) is 0 Å². The van der Waals surface area contributed by atoms with Crippen LogP contribution < -0.4 is 10.1 Å². The van der Waals surface area contributed by atoms with Crippen LogP contribution in [0.2, 0.25) is 0 Å². The molecule has 0 fully saturated rings. The lowest BCUT2D eigenvalue weighted by Gasteiger charge is -2.10. The van der Waals surface area contributed by atoms with E-state index in [1.165, 1.54) is 0 Å². The van der Waals surface area contributed by atoms with Gasteiger partial charge in [0.1, 0.15) is 18.1 Å². The Morgan fingerprint density at radius 2 is 1.85 bits per heavy atom. The number of benzene rings is 2. The van der Waals surface area contributed by atoms with Crippen LogP contribution in [0, 0.1) is 0 Å².